The van der Waals surface area contributed by atoms with E-state index in [-0.39, 0.29) is 30.0 Å². The number of aliphatic imine (C=N–C) groups is 1. The average Bonchev–Trinajstić information content (AvgIpc) is 3.12. The van der Waals surface area contributed by atoms with Crippen molar-refractivity contribution in [2.45, 2.75) is 31.7 Å². The van der Waals surface area contributed by atoms with Crippen LogP contribution in [0.1, 0.15) is 37.3 Å². The number of nitrogens with one attached hydrogen (secondary N) is 2. The molecule has 33 heavy (non-hydrogen) atoms. The molecule has 0 aliphatic carbocycles. The summed E-state index contributed by atoms with van der Waals surface area (Å²) in [5, 5.41) is 7.04. The molecule has 1 unspecified atom stereocenters. The van der Waals surface area contributed by atoms with E-state index in [9.17, 15) is 0 Å². The van der Waals surface area contributed by atoms with E-state index in [0.717, 1.165) is 63.4 Å². The van der Waals surface area contributed by atoms with E-state index in [2.05, 4.69) is 37.6 Å². The number of nitrogens with zero attached hydrogens (tertiary/aromatic N) is 3. The van der Waals surface area contributed by atoms with Gasteiger partial charge in [0, 0.05) is 39.8 Å². The number of morpholine rings is 1. The fraction of sp³-hybridized carbons (Fsp3) is 0.708. The van der Waals surface area contributed by atoms with E-state index < -0.39 is 0 Å². The Hall–Kier alpha value is -1.30. The molecule has 0 saturated carbocycles. The molecule has 0 spiro atoms. The zero-order valence-electron chi connectivity index (χ0n) is 20.5. The van der Waals surface area contributed by atoms with Gasteiger partial charge in [-0.2, -0.15) is 0 Å². The van der Waals surface area contributed by atoms with E-state index in [4.69, 9.17) is 14.2 Å². The molecule has 1 aromatic rings. The lowest BCUT2D eigenvalue weighted by Crippen LogP contribution is -2.47. The van der Waals surface area contributed by atoms with Crippen molar-refractivity contribution in [3.63, 3.8) is 0 Å². The highest BCUT2D eigenvalue weighted by atomic mass is 127. The quantitative estimate of drug-likeness (QED) is 0.267. The van der Waals surface area contributed by atoms with E-state index >= 15 is 0 Å². The Morgan fingerprint density at radius 3 is 2.33 bits per heavy atom. The maximum Gasteiger partial charge on any atom is 0.191 e. The first-order valence-corrected chi connectivity index (χ1v) is 12.0. The Labute approximate surface area is 216 Å². The first-order chi connectivity index (χ1) is 15.7. The minimum absolute atomic E-state index is 0. The summed E-state index contributed by atoms with van der Waals surface area (Å²) in [6.07, 6.45) is 5.37. The zero-order chi connectivity index (χ0) is 22.6. The third kappa shape index (κ3) is 8.77. The standard InChI is InChI=1S/C24H41N5O3.HI/c1-25-24(26-10-13-28-11-6-4-5-7-12-28)27-19-21(29-14-16-32-17-15-29)20-8-9-22(30-2)23(18-20)31-3;/h8-9,18,21H,4-7,10-17,19H2,1-3H3,(H2,25,26,27);1H. The minimum atomic E-state index is 0. The van der Waals surface area contributed by atoms with Crippen molar-refractivity contribution in [3.05, 3.63) is 23.8 Å². The van der Waals surface area contributed by atoms with Crippen LogP contribution in [0.2, 0.25) is 0 Å². The van der Waals surface area contributed by atoms with Gasteiger partial charge in [0.2, 0.25) is 0 Å². The minimum Gasteiger partial charge on any atom is -0.493 e. The molecule has 1 atom stereocenters. The molecule has 2 saturated heterocycles. The lowest BCUT2D eigenvalue weighted by atomic mass is 10.0. The number of ether oxygens (including phenoxy) is 3. The highest BCUT2D eigenvalue weighted by Crippen LogP contribution is 2.32. The molecule has 2 aliphatic heterocycles. The van der Waals surface area contributed by atoms with Crippen LogP contribution in [0.3, 0.4) is 0 Å². The Bertz CT molecular complexity index is 707. The zero-order valence-corrected chi connectivity index (χ0v) is 22.8. The second-order valence-electron chi connectivity index (χ2n) is 8.41. The Kier molecular flexibility index (Phi) is 13.2. The largest absolute Gasteiger partial charge is 0.493 e. The van der Waals surface area contributed by atoms with Gasteiger partial charge in [-0.3, -0.25) is 9.89 Å². The van der Waals surface area contributed by atoms with Gasteiger partial charge in [0.05, 0.1) is 33.5 Å². The molecule has 2 heterocycles. The van der Waals surface area contributed by atoms with E-state index in [1.807, 2.05) is 13.1 Å². The number of rotatable bonds is 9. The Morgan fingerprint density at radius 2 is 1.70 bits per heavy atom. The molecule has 188 valence electrons. The molecular formula is C24H42IN5O3. The van der Waals surface area contributed by atoms with Gasteiger partial charge in [-0.1, -0.05) is 18.9 Å². The Morgan fingerprint density at radius 1 is 1.00 bits per heavy atom. The Balaban J connectivity index is 0.00000385. The number of benzene rings is 1. The lowest BCUT2D eigenvalue weighted by Gasteiger charge is -2.35. The van der Waals surface area contributed by atoms with Crippen LogP contribution >= 0.6 is 24.0 Å². The van der Waals surface area contributed by atoms with Crippen molar-refractivity contribution < 1.29 is 14.2 Å². The summed E-state index contributed by atoms with van der Waals surface area (Å²) < 4.78 is 16.6. The summed E-state index contributed by atoms with van der Waals surface area (Å²) in [5.74, 6) is 2.35. The van der Waals surface area contributed by atoms with Crippen molar-refractivity contribution in [2.24, 2.45) is 4.99 Å². The van der Waals surface area contributed by atoms with Crippen molar-refractivity contribution in [2.75, 3.05) is 80.3 Å². The maximum atomic E-state index is 5.59. The topological polar surface area (TPSA) is 70.6 Å². The molecule has 0 bridgehead atoms. The van der Waals surface area contributed by atoms with Crippen LogP contribution in [0.5, 0.6) is 11.5 Å². The molecule has 9 heteroatoms. The van der Waals surface area contributed by atoms with Gasteiger partial charge >= 0.3 is 0 Å². The molecule has 2 aliphatic rings. The molecule has 0 amide bonds. The molecule has 0 radical (unpaired) electrons. The molecule has 2 N–H and O–H groups in total. The van der Waals surface area contributed by atoms with Gasteiger partial charge < -0.3 is 29.7 Å². The fourth-order valence-electron chi connectivity index (χ4n) is 4.51. The average molecular weight is 576 g/mol. The van der Waals surface area contributed by atoms with Gasteiger partial charge in [-0.15, -0.1) is 24.0 Å². The second kappa shape index (κ2) is 15.6. The number of likely N-dealkylation sites (tertiary alicyclic amines) is 1. The summed E-state index contributed by atoms with van der Waals surface area (Å²) in [4.78, 5) is 9.47. The summed E-state index contributed by atoms with van der Waals surface area (Å²) in [7, 11) is 5.18. The smallest absolute Gasteiger partial charge is 0.191 e. The lowest BCUT2D eigenvalue weighted by molar-refractivity contribution is 0.0169. The van der Waals surface area contributed by atoms with Crippen LogP contribution in [0.4, 0.5) is 0 Å². The third-order valence-electron chi connectivity index (χ3n) is 6.38. The van der Waals surface area contributed by atoms with Crippen LogP contribution in [-0.4, -0.2) is 96.1 Å². The molecule has 0 aromatic heterocycles. The fourth-order valence-corrected chi connectivity index (χ4v) is 4.51. The van der Waals surface area contributed by atoms with E-state index in [1.165, 1.54) is 44.3 Å². The molecule has 2 fully saturated rings. The first-order valence-electron chi connectivity index (χ1n) is 12.0. The number of halogens is 1. The molecular weight excluding hydrogens is 533 g/mol. The van der Waals surface area contributed by atoms with Gasteiger partial charge in [0.15, 0.2) is 17.5 Å². The second-order valence-corrected chi connectivity index (χ2v) is 8.41. The SMILES string of the molecule is CN=C(NCCN1CCCCCC1)NCC(c1ccc(OC)c(OC)c1)N1CCOCC1.I. The van der Waals surface area contributed by atoms with Crippen LogP contribution < -0.4 is 20.1 Å². The number of guanidine groups is 1. The van der Waals surface area contributed by atoms with Gasteiger partial charge in [-0.25, -0.2) is 0 Å². The summed E-state index contributed by atoms with van der Waals surface area (Å²) >= 11 is 0. The highest BCUT2D eigenvalue weighted by molar-refractivity contribution is 14.0. The highest BCUT2D eigenvalue weighted by Gasteiger charge is 2.24. The summed E-state index contributed by atoms with van der Waals surface area (Å²) in [6.45, 7) is 8.46. The third-order valence-corrected chi connectivity index (χ3v) is 6.38. The van der Waals surface area contributed by atoms with Crippen molar-refractivity contribution in [3.8, 4) is 11.5 Å². The summed E-state index contributed by atoms with van der Waals surface area (Å²) in [5.41, 5.74) is 1.19. The predicted octanol–water partition coefficient (Wildman–Crippen LogP) is 2.74. The van der Waals surface area contributed by atoms with E-state index in [0.29, 0.717) is 0 Å². The molecule has 8 nitrogen and oxygen atoms in total. The number of hydrogen-bond donors (Lipinski definition) is 2. The predicted molar refractivity (Wildman–Crippen MR) is 144 cm³/mol. The monoisotopic (exact) mass is 575 g/mol. The van der Waals surface area contributed by atoms with Crippen LogP contribution in [-0.2, 0) is 4.74 Å². The van der Waals surface area contributed by atoms with Gasteiger partial charge in [-0.05, 0) is 43.6 Å². The van der Waals surface area contributed by atoms with Crippen LogP contribution in [0.15, 0.2) is 23.2 Å². The van der Waals surface area contributed by atoms with Crippen molar-refractivity contribution in [1.82, 2.24) is 20.4 Å². The summed E-state index contributed by atoms with van der Waals surface area (Å²) in [6, 6.07) is 6.37. The van der Waals surface area contributed by atoms with Crippen molar-refractivity contribution in [1.29, 1.82) is 0 Å². The normalized spacial score (nSPS) is 19.2. The van der Waals surface area contributed by atoms with Crippen LogP contribution in [0.25, 0.3) is 0 Å². The molecule has 1 aromatic carbocycles. The number of hydrogen-bond acceptors (Lipinski definition) is 6. The maximum absolute atomic E-state index is 5.59. The number of methoxy groups -OCH3 is 2. The van der Waals surface area contributed by atoms with E-state index in [1.54, 1.807) is 14.2 Å². The van der Waals surface area contributed by atoms with Crippen LogP contribution in [0, 0.1) is 0 Å². The molecule has 3 rings (SSSR count). The van der Waals surface area contributed by atoms with Crippen molar-refractivity contribution >= 4 is 29.9 Å². The first kappa shape index (κ1) is 27.9. The van der Waals surface area contributed by atoms with Gasteiger partial charge in [0.1, 0.15) is 0 Å². The van der Waals surface area contributed by atoms with Gasteiger partial charge in [0.25, 0.3) is 0 Å².